The van der Waals surface area contributed by atoms with Crippen LogP contribution in [-0.4, -0.2) is 43.5 Å². The van der Waals surface area contributed by atoms with Crippen molar-refractivity contribution in [1.82, 2.24) is 4.90 Å². The predicted octanol–water partition coefficient (Wildman–Crippen LogP) is 0.166. The van der Waals surface area contributed by atoms with Crippen LogP contribution in [0.1, 0.15) is 0 Å². The summed E-state index contributed by atoms with van der Waals surface area (Å²) in [7, 11) is 0. The van der Waals surface area contributed by atoms with Crippen LogP contribution < -0.4 is 5.73 Å². The number of nitrogens with zero attached hydrogens (tertiary/aromatic N) is 1. The van der Waals surface area contributed by atoms with Crippen molar-refractivity contribution in [2.24, 2.45) is 5.73 Å². The summed E-state index contributed by atoms with van der Waals surface area (Å²) in [5, 5.41) is 0. The summed E-state index contributed by atoms with van der Waals surface area (Å²) in [4.78, 5) is 1.52. The van der Waals surface area contributed by atoms with Crippen LogP contribution in [0.5, 0.6) is 0 Å². The molecule has 1 atom stereocenters. The molecule has 6 heteroatoms. The molecule has 1 aliphatic heterocycles. The fourth-order valence-corrected chi connectivity index (χ4v) is 1.07. The lowest BCUT2D eigenvalue weighted by atomic mass is 10.3. The summed E-state index contributed by atoms with van der Waals surface area (Å²) in [6, 6.07) is 0. The third kappa shape index (κ3) is 2.33. The van der Waals surface area contributed by atoms with Crippen molar-refractivity contribution >= 4 is 0 Å². The third-order valence-electron chi connectivity index (χ3n) is 1.77. The smallest absolute Gasteiger partial charge is 0.366 e. The van der Waals surface area contributed by atoms with Gasteiger partial charge in [-0.15, -0.1) is 0 Å². The number of hydrogen-bond acceptors (Lipinski definition) is 3. The highest BCUT2D eigenvalue weighted by Gasteiger charge is 2.42. The Morgan fingerprint density at radius 1 is 1.50 bits per heavy atom. The Hall–Kier alpha value is -0.330. The molecule has 2 N–H and O–H groups in total. The lowest BCUT2D eigenvalue weighted by molar-refractivity contribution is -0.237. The number of halogens is 3. The maximum Gasteiger partial charge on any atom is 0.415 e. The zero-order chi connectivity index (χ0) is 9.19. The Morgan fingerprint density at radius 3 is 2.67 bits per heavy atom. The molecule has 0 bridgehead atoms. The van der Waals surface area contributed by atoms with Gasteiger partial charge in [-0.1, -0.05) is 0 Å². The highest BCUT2D eigenvalue weighted by atomic mass is 19.4. The van der Waals surface area contributed by atoms with Gasteiger partial charge in [-0.25, -0.2) is 0 Å². The fraction of sp³-hybridized carbons (Fsp3) is 1.00. The summed E-state index contributed by atoms with van der Waals surface area (Å²) >= 11 is 0. The number of nitrogens with two attached hydrogens (primary N) is 1. The first-order valence-electron chi connectivity index (χ1n) is 3.65. The van der Waals surface area contributed by atoms with E-state index in [1.165, 1.54) is 4.90 Å². The van der Waals surface area contributed by atoms with Crippen LogP contribution in [0.4, 0.5) is 13.2 Å². The molecule has 0 saturated carbocycles. The fourth-order valence-electron chi connectivity index (χ4n) is 1.07. The van der Waals surface area contributed by atoms with Gasteiger partial charge >= 0.3 is 6.18 Å². The summed E-state index contributed by atoms with van der Waals surface area (Å²) in [6.07, 6.45) is -5.94. The van der Waals surface area contributed by atoms with Crippen LogP contribution in [0.2, 0.25) is 0 Å². The van der Waals surface area contributed by atoms with Crippen molar-refractivity contribution in [2.45, 2.75) is 12.3 Å². The zero-order valence-electron chi connectivity index (χ0n) is 6.47. The molecule has 3 nitrogen and oxygen atoms in total. The minimum absolute atomic E-state index is 0.0986. The average molecular weight is 184 g/mol. The van der Waals surface area contributed by atoms with Crippen LogP contribution in [-0.2, 0) is 4.74 Å². The second kappa shape index (κ2) is 3.59. The maximum absolute atomic E-state index is 12.1. The van der Waals surface area contributed by atoms with Crippen molar-refractivity contribution < 1.29 is 17.9 Å². The van der Waals surface area contributed by atoms with Gasteiger partial charge in [0.2, 0.25) is 0 Å². The molecule has 1 fully saturated rings. The van der Waals surface area contributed by atoms with Gasteiger partial charge in [-0.3, -0.25) is 4.90 Å². The monoisotopic (exact) mass is 184 g/mol. The van der Waals surface area contributed by atoms with Crippen LogP contribution in [0.3, 0.4) is 0 Å². The molecule has 0 spiro atoms. The van der Waals surface area contributed by atoms with E-state index in [2.05, 4.69) is 4.74 Å². The summed E-state index contributed by atoms with van der Waals surface area (Å²) in [5.74, 6) is 0. The van der Waals surface area contributed by atoms with Crippen LogP contribution >= 0.6 is 0 Å². The normalized spacial score (nSPS) is 27.5. The van der Waals surface area contributed by atoms with E-state index in [9.17, 15) is 13.2 Å². The highest BCUT2D eigenvalue weighted by molar-refractivity contribution is 4.76. The van der Waals surface area contributed by atoms with E-state index < -0.39 is 12.3 Å². The van der Waals surface area contributed by atoms with Gasteiger partial charge in [0.1, 0.15) is 0 Å². The Kier molecular flexibility index (Phi) is 2.92. The first-order chi connectivity index (χ1) is 5.54. The molecular formula is C6H11F3N2O. The molecule has 1 unspecified atom stereocenters. The predicted molar refractivity (Wildman–Crippen MR) is 36.4 cm³/mol. The van der Waals surface area contributed by atoms with Gasteiger partial charge in [-0.2, -0.15) is 13.2 Å². The number of rotatable bonds is 1. The van der Waals surface area contributed by atoms with Gasteiger partial charge in [0.15, 0.2) is 6.10 Å². The minimum Gasteiger partial charge on any atom is -0.366 e. The van der Waals surface area contributed by atoms with Crippen molar-refractivity contribution in [3.8, 4) is 0 Å². The lowest BCUT2D eigenvalue weighted by Crippen LogP contribution is -2.50. The molecule has 1 saturated heterocycles. The lowest BCUT2D eigenvalue weighted by Gasteiger charge is -2.32. The molecule has 1 aliphatic rings. The number of alkyl halides is 3. The van der Waals surface area contributed by atoms with Crippen LogP contribution in [0.15, 0.2) is 0 Å². The largest absolute Gasteiger partial charge is 0.415 e. The Balaban J connectivity index is 2.46. The summed E-state index contributed by atoms with van der Waals surface area (Å²) < 4.78 is 40.7. The standard InChI is InChI=1S/C6H11F3N2O/c7-6(8,9)5-3-11(4-10)1-2-12-5/h5H,1-4,10H2. The molecule has 12 heavy (non-hydrogen) atoms. The van der Waals surface area contributed by atoms with E-state index >= 15 is 0 Å². The van der Waals surface area contributed by atoms with Crippen molar-refractivity contribution in [3.05, 3.63) is 0 Å². The van der Waals surface area contributed by atoms with E-state index in [1.54, 1.807) is 0 Å². The molecule has 0 amide bonds. The first-order valence-corrected chi connectivity index (χ1v) is 3.65. The van der Waals surface area contributed by atoms with E-state index in [0.717, 1.165) is 0 Å². The van der Waals surface area contributed by atoms with E-state index in [0.29, 0.717) is 6.54 Å². The topological polar surface area (TPSA) is 38.5 Å². The van der Waals surface area contributed by atoms with Crippen LogP contribution in [0.25, 0.3) is 0 Å². The third-order valence-corrected chi connectivity index (χ3v) is 1.77. The van der Waals surface area contributed by atoms with E-state index in [4.69, 9.17) is 5.73 Å². The van der Waals surface area contributed by atoms with E-state index in [-0.39, 0.29) is 19.8 Å². The second-order valence-corrected chi connectivity index (χ2v) is 2.66. The van der Waals surface area contributed by atoms with Crippen molar-refractivity contribution in [1.29, 1.82) is 0 Å². The van der Waals surface area contributed by atoms with Gasteiger partial charge in [-0.05, 0) is 0 Å². The first kappa shape index (κ1) is 9.76. The van der Waals surface area contributed by atoms with E-state index in [1.807, 2.05) is 0 Å². The Morgan fingerprint density at radius 2 is 2.17 bits per heavy atom. The highest BCUT2D eigenvalue weighted by Crippen LogP contribution is 2.25. The molecule has 72 valence electrons. The molecule has 0 aliphatic carbocycles. The second-order valence-electron chi connectivity index (χ2n) is 2.66. The maximum atomic E-state index is 12.1. The quantitative estimate of drug-likeness (QED) is 0.631. The minimum atomic E-state index is -4.27. The molecule has 0 aromatic carbocycles. The molecule has 0 aromatic rings. The summed E-state index contributed by atoms with van der Waals surface area (Å²) in [6.45, 7) is 0.570. The molecule has 1 rings (SSSR count). The number of morpholine rings is 1. The Bertz CT molecular complexity index is 150. The van der Waals surface area contributed by atoms with Crippen molar-refractivity contribution in [3.63, 3.8) is 0 Å². The van der Waals surface area contributed by atoms with Gasteiger partial charge in [0, 0.05) is 19.8 Å². The molecule has 1 heterocycles. The molecule has 0 aromatic heterocycles. The SMILES string of the molecule is NCN1CCOC(C(F)(F)F)C1. The van der Waals surface area contributed by atoms with Gasteiger partial charge in [0.25, 0.3) is 0 Å². The Labute approximate surface area is 68.3 Å². The van der Waals surface area contributed by atoms with Gasteiger partial charge in [0.05, 0.1) is 6.61 Å². The number of hydrogen-bond donors (Lipinski definition) is 1. The van der Waals surface area contributed by atoms with Crippen molar-refractivity contribution in [2.75, 3.05) is 26.4 Å². The number of ether oxygens (including phenoxy) is 1. The van der Waals surface area contributed by atoms with Crippen LogP contribution in [0, 0.1) is 0 Å². The summed E-state index contributed by atoms with van der Waals surface area (Å²) in [5.41, 5.74) is 5.21. The molecular weight excluding hydrogens is 173 g/mol. The zero-order valence-corrected chi connectivity index (χ0v) is 6.47. The average Bonchev–Trinajstić information content (AvgIpc) is 2.03. The molecule has 0 radical (unpaired) electrons. The van der Waals surface area contributed by atoms with Gasteiger partial charge < -0.3 is 10.5 Å².